The molecule has 4 nitrogen and oxygen atoms in total. The summed E-state index contributed by atoms with van der Waals surface area (Å²) in [6.07, 6.45) is 4.15. The summed E-state index contributed by atoms with van der Waals surface area (Å²) in [6.45, 7) is 27.4. The van der Waals surface area contributed by atoms with Crippen molar-refractivity contribution in [3.63, 3.8) is 0 Å². The van der Waals surface area contributed by atoms with E-state index in [1.165, 1.54) is 22.3 Å². The van der Waals surface area contributed by atoms with Crippen LogP contribution in [-0.4, -0.2) is 9.97 Å². The van der Waals surface area contributed by atoms with Gasteiger partial charge in [0.1, 0.15) is 11.0 Å². The van der Waals surface area contributed by atoms with E-state index >= 15 is 0 Å². The molecular formula is C38H50N2O2S. The summed E-state index contributed by atoms with van der Waals surface area (Å²) < 4.78 is 13.2. The molecule has 0 aliphatic heterocycles. The molecule has 43 heavy (non-hydrogen) atoms. The van der Waals surface area contributed by atoms with Crippen molar-refractivity contribution in [1.82, 2.24) is 9.97 Å². The largest absolute Gasteiger partial charge is 0.435 e. The highest BCUT2D eigenvalue weighted by Crippen LogP contribution is 2.43. The Hall–Kier alpha value is -2.92. The van der Waals surface area contributed by atoms with Gasteiger partial charge in [-0.2, -0.15) is 0 Å². The summed E-state index contributed by atoms with van der Waals surface area (Å²) >= 11 is 1.62. The topological polar surface area (TPSA) is 52.1 Å². The Kier molecular flexibility index (Phi) is 7.99. The van der Waals surface area contributed by atoms with Crippen LogP contribution in [0.15, 0.2) is 45.2 Å². The standard InChI is InChI=1S/C38H50N2O2S/c1-13-35(5,6)23-19-25(37(9,10)15-3)31-27(21-23)39-33(41-31)29-17-18-30(43-29)34-40-28-22-24(36(7,8)14-2)20-26(32(28)42-34)38(11,12)16-4/h17-22H,13-16H2,1-12H3. The lowest BCUT2D eigenvalue weighted by atomic mass is 9.76. The summed E-state index contributed by atoms with van der Waals surface area (Å²) in [5, 5.41) is 0. The van der Waals surface area contributed by atoms with E-state index in [1.54, 1.807) is 11.3 Å². The first-order valence-corrected chi connectivity index (χ1v) is 16.9. The monoisotopic (exact) mass is 598 g/mol. The van der Waals surface area contributed by atoms with E-state index in [0.717, 1.165) is 57.6 Å². The molecule has 0 saturated heterocycles. The maximum absolute atomic E-state index is 6.58. The van der Waals surface area contributed by atoms with Crippen molar-refractivity contribution >= 4 is 33.5 Å². The summed E-state index contributed by atoms with van der Waals surface area (Å²) in [6, 6.07) is 13.3. The van der Waals surface area contributed by atoms with Crippen LogP contribution < -0.4 is 0 Å². The maximum atomic E-state index is 6.58. The van der Waals surface area contributed by atoms with Crippen molar-refractivity contribution in [3.05, 3.63) is 58.7 Å². The fraction of sp³-hybridized carbons (Fsp3) is 0.526. The molecule has 0 N–H and O–H groups in total. The molecule has 5 rings (SSSR count). The third kappa shape index (κ3) is 5.59. The molecule has 0 bridgehead atoms. The van der Waals surface area contributed by atoms with Gasteiger partial charge in [-0.05, 0) is 82.7 Å². The van der Waals surface area contributed by atoms with Crippen molar-refractivity contribution in [3.8, 4) is 21.5 Å². The Bertz CT molecular complexity index is 1650. The number of thiophene rings is 1. The van der Waals surface area contributed by atoms with Crippen molar-refractivity contribution in [2.24, 2.45) is 0 Å². The maximum Gasteiger partial charge on any atom is 0.237 e. The van der Waals surface area contributed by atoms with Gasteiger partial charge < -0.3 is 8.83 Å². The zero-order chi connectivity index (χ0) is 31.5. The van der Waals surface area contributed by atoms with Crippen LogP contribution in [0.5, 0.6) is 0 Å². The molecule has 0 saturated carbocycles. The lowest BCUT2D eigenvalue weighted by Crippen LogP contribution is -2.20. The summed E-state index contributed by atoms with van der Waals surface area (Å²) in [5.74, 6) is 1.31. The number of fused-ring (bicyclic) bond motifs is 2. The quantitative estimate of drug-likeness (QED) is 0.160. The second kappa shape index (κ2) is 10.9. The smallest absolute Gasteiger partial charge is 0.237 e. The number of benzene rings is 2. The normalized spacial score (nSPS) is 13.5. The van der Waals surface area contributed by atoms with Crippen LogP contribution in [0, 0.1) is 0 Å². The average Bonchev–Trinajstić information content (AvgIpc) is 3.73. The van der Waals surface area contributed by atoms with Gasteiger partial charge in [0.15, 0.2) is 11.2 Å². The predicted octanol–water partition coefficient (Wildman–Crippen LogP) is 12.1. The van der Waals surface area contributed by atoms with Crippen LogP contribution in [0.1, 0.15) is 131 Å². The zero-order valence-corrected chi connectivity index (χ0v) is 29.2. The molecule has 0 fully saturated rings. The van der Waals surface area contributed by atoms with Gasteiger partial charge in [0, 0.05) is 11.1 Å². The predicted molar refractivity (Wildman–Crippen MR) is 184 cm³/mol. The summed E-state index contributed by atoms with van der Waals surface area (Å²) in [7, 11) is 0. The summed E-state index contributed by atoms with van der Waals surface area (Å²) in [4.78, 5) is 12.1. The molecule has 3 heterocycles. The number of rotatable bonds is 10. The van der Waals surface area contributed by atoms with Crippen LogP contribution >= 0.6 is 11.3 Å². The van der Waals surface area contributed by atoms with E-state index in [2.05, 4.69) is 119 Å². The lowest BCUT2D eigenvalue weighted by Gasteiger charge is -2.28. The minimum absolute atomic E-state index is 0.0249. The Balaban J connectivity index is 1.62. The van der Waals surface area contributed by atoms with Crippen LogP contribution in [0.25, 0.3) is 43.7 Å². The van der Waals surface area contributed by atoms with Gasteiger partial charge in [-0.15, -0.1) is 11.3 Å². The van der Waals surface area contributed by atoms with E-state index in [0.29, 0.717) is 11.8 Å². The van der Waals surface area contributed by atoms with Gasteiger partial charge in [-0.3, -0.25) is 0 Å². The van der Waals surface area contributed by atoms with Crippen molar-refractivity contribution < 1.29 is 8.83 Å². The fourth-order valence-corrected chi connectivity index (χ4v) is 6.28. The zero-order valence-electron chi connectivity index (χ0n) is 28.4. The molecule has 0 aliphatic carbocycles. The molecule has 0 spiro atoms. The molecule has 0 aliphatic rings. The molecule has 0 unspecified atom stereocenters. The van der Waals surface area contributed by atoms with Gasteiger partial charge in [-0.25, -0.2) is 9.97 Å². The Labute approximate surface area is 262 Å². The molecule has 5 aromatic rings. The number of aromatic nitrogens is 2. The molecule has 5 heteroatoms. The van der Waals surface area contributed by atoms with Crippen molar-refractivity contribution in [2.45, 2.75) is 130 Å². The fourth-order valence-electron chi connectivity index (χ4n) is 5.42. The van der Waals surface area contributed by atoms with Crippen LogP contribution in [0.2, 0.25) is 0 Å². The Morgan fingerprint density at radius 1 is 0.535 bits per heavy atom. The molecule has 0 amide bonds. The molecular weight excluding hydrogens is 548 g/mol. The molecule has 0 radical (unpaired) electrons. The van der Waals surface area contributed by atoms with E-state index in [1.807, 2.05) is 0 Å². The van der Waals surface area contributed by atoms with E-state index < -0.39 is 0 Å². The number of hydrogen-bond acceptors (Lipinski definition) is 5. The third-order valence-corrected chi connectivity index (χ3v) is 11.6. The second-order valence-electron chi connectivity index (χ2n) is 14.9. The van der Waals surface area contributed by atoms with E-state index in [-0.39, 0.29) is 21.7 Å². The van der Waals surface area contributed by atoms with Gasteiger partial charge in [0.05, 0.1) is 9.75 Å². The van der Waals surface area contributed by atoms with Crippen molar-refractivity contribution in [2.75, 3.05) is 0 Å². The number of oxazole rings is 2. The van der Waals surface area contributed by atoms with Gasteiger partial charge in [0.2, 0.25) is 11.8 Å². The molecule has 2 aromatic carbocycles. The van der Waals surface area contributed by atoms with Crippen LogP contribution in [0.3, 0.4) is 0 Å². The van der Waals surface area contributed by atoms with Gasteiger partial charge in [-0.1, -0.05) is 95.2 Å². The SMILES string of the molecule is CCC(C)(C)c1cc(C(C)(C)CC)c2oc(-c3ccc(-c4nc5cc(C(C)(C)CC)cc(C(C)(C)CC)c5o4)s3)nc2c1. The first kappa shape index (κ1) is 31.5. The molecule has 0 atom stereocenters. The molecule has 230 valence electrons. The molecule has 3 aromatic heterocycles. The number of nitrogens with zero attached hydrogens (tertiary/aromatic N) is 2. The van der Waals surface area contributed by atoms with Gasteiger partial charge >= 0.3 is 0 Å². The Morgan fingerprint density at radius 3 is 1.21 bits per heavy atom. The first-order chi connectivity index (χ1) is 20.1. The Morgan fingerprint density at radius 2 is 0.884 bits per heavy atom. The van der Waals surface area contributed by atoms with Gasteiger partial charge in [0.25, 0.3) is 0 Å². The first-order valence-electron chi connectivity index (χ1n) is 16.1. The highest BCUT2D eigenvalue weighted by molar-refractivity contribution is 7.18. The summed E-state index contributed by atoms with van der Waals surface area (Å²) in [5.41, 5.74) is 8.82. The minimum atomic E-state index is -0.0249. The van der Waals surface area contributed by atoms with Crippen molar-refractivity contribution in [1.29, 1.82) is 0 Å². The van der Waals surface area contributed by atoms with E-state index in [4.69, 9.17) is 18.8 Å². The highest BCUT2D eigenvalue weighted by atomic mass is 32.1. The van der Waals surface area contributed by atoms with Crippen LogP contribution in [0.4, 0.5) is 0 Å². The second-order valence-corrected chi connectivity index (χ2v) is 16.0. The lowest BCUT2D eigenvalue weighted by molar-refractivity contribution is 0.484. The number of hydrogen-bond donors (Lipinski definition) is 0. The highest BCUT2D eigenvalue weighted by Gasteiger charge is 2.30. The van der Waals surface area contributed by atoms with E-state index in [9.17, 15) is 0 Å². The minimum Gasteiger partial charge on any atom is -0.435 e. The van der Waals surface area contributed by atoms with Crippen LogP contribution in [-0.2, 0) is 21.7 Å². The third-order valence-electron chi connectivity index (χ3n) is 10.6. The average molecular weight is 599 g/mol.